The van der Waals surface area contributed by atoms with Gasteiger partial charge < -0.3 is 4.74 Å². The summed E-state index contributed by atoms with van der Waals surface area (Å²) in [6, 6.07) is 10.3. The van der Waals surface area contributed by atoms with Gasteiger partial charge in [-0.25, -0.2) is 12.8 Å². The van der Waals surface area contributed by atoms with E-state index in [2.05, 4.69) is 16.6 Å². The van der Waals surface area contributed by atoms with Crippen LogP contribution in [-0.2, 0) is 10.0 Å². The Hall–Kier alpha value is -2.07. The molecule has 2 aromatic carbocycles. The Morgan fingerprint density at radius 1 is 1.26 bits per heavy atom. The van der Waals surface area contributed by atoms with E-state index < -0.39 is 15.8 Å². The lowest BCUT2D eigenvalue weighted by atomic mass is 10.2. The Kier molecular flexibility index (Phi) is 5.61. The summed E-state index contributed by atoms with van der Waals surface area (Å²) in [7, 11) is -2.28. The monoisotopic (exact) mass is 353 g/mol. The molecule has 23 heavy (non-hydrogen) atoms. The molecule has 1 N–H and O–H groups in total. The summed E-state index contributed by atoms with van der Waals surface area (Å²) in [6.45, 7) is -0.102. The van der Waals surface area contributed by atoms with E-state index in [1.54, 1.807) is 18.2 Å². The highest BCUT2D eigenvalue weighted by Gasteiger charge is 2.14. The van der Waals surface area contributed by atoms with Crippen molar-refractivity contribution in [2.45, 2.75) is 4.90 Å². The molecule has 0 heterocycles. The molecule has 0 aliphatic heterocycles. The van der Waals surface area contributed by atoms with Crippen LogP contribution in [0.15, 0.2) is 47.4 Å². The second-order valence-electron chi connectivity index (χ2n) is 4.40. The number of rotatable bonds is 4. The summed E-state index contributed by atoms with van der Waals surface area (Å²) in [5.41, 5.74) is 0.652. The number of halogens is 2. The Balaban J connectivity index is 2.09. The van der Waals surface area contributed by atoms with Crippen molar-refractivity contribution in [3.8, 4) is 17.6 Å². The predicted molar refractivity (Wildman–Crippen MR) is 86.5 cm³/mol. The van der Waals surface area contributed by atoms with Crippen LogP contribution in [0.2, 0.25) is 5.02 Å². The zero-order valence-corrected chi connectivity index (χ0v) is 13.7. The smallest absolute Gasteiger partial charge is 0.241 e. The third kappa shape index (κ3) is 4.45. The molecule has 0 unspecified atom stereocenters. The summed E-state index contributed by atoms with van der Waals surface area (Å²) in [5.74, 6) is 5.45. The average Bonchev–Trinajstić information content (AvgIpc) is 2.54. The van der Waals surface area contributed by atoms with Crippen molar-refractivity contribution in [2.75, 3.05) is 13.7 Å². The molecule has 0 amide bonds. The number of nitrogens with one attached hydrogen (secondary N) is 1. The van der Waals surface area contributed by atoms with Crippen LogP contribution in [0.1, 0.15) is 5.56 Å². The van der Waals surface area contributed by atoms with Gasteiger partial charge >= 0.3 is 0 Å². The third-order valence-electron chi connectivity index (χ3n) is 2.88. The molecule has 0 saturated heterocycles. The summed E-state index contributed by atoms with van der Waals surface area (Å²) < 4.78 is 44.6. The molecule has 0 spiro atoms. The van der Waals surface area contributed by atoms with Gasteiger partial charge in [0.05, 0.1) is 29.1 Å². The van der Waals surface area contributed by atoms with E-state index in [0.29, 0.717) is 11.3 Å². The first-order chi connectivity index (χ1) is 10.9. The minimum atomic E-state index is -3.80. The standard InChI is InChI=1S/C16H13ClFNO3S/c1-22-16-7-3-2-5-12(16)6-4-10-19-23(20,21)13-8-9-15(18)14(17)11-13/h2-3,5,7-9,11,19H,10H2,1H3. The highest BCUT2D eigenvalue weighted by atomic mass is 35.5. The molecule has 4 nitrogen and oxygen atoms in total. The van der Waals surface area contributed by atoms with Crippen molar-refractivity contribution in [1.82, 2.24) is 4.72 Å². The highest BCUT2D eigenvalue weighted by molar-refractivity contribution is 7.89. The SMILES string of the molecule is COc1ccccc1C#CCNS(=O)(=O)c1ccc(F)c(Cl)c1. The minimum absolute atomic E-state index is 0.102. The van der Waals surface area contributed by atoms with Gasteiger partial charge in [0.25, 0.3) is 0 Å². The predicted octanol–water partition coefficient (Wildman–Crippen LogP) is 2.82. The van der Waals surface area contributed by atoms with Crippen molar-refractivity contribution in [3.05, 3.63) is 58.9 Å². The largest absolute Gasteiger partial charge is 0.495 e. The fourth-order valence-corrected chi connectivity index (χ4v) is 2.94. The lowest BCUT2D eigenvalue weighted by molar-refractivity contribution is 0.413. The van der Waals surface area contributed by atoms with E-state index in [9.17, 15) is 12.8 Å². The summed E-state index contributed by atoms with van der Waals surface area (Å²) in [4.78, 5) is -0.122. The van der Waals surface area contributed by atoms with Crippen LogP contribution in [-0.4, -0.2) is 22.1 Å². The number of methoxy groups -OCH3 is 1. The second-order valence-corrected chi connectivity index (χ2v) is 6.58. The van der Waals surface area contributed by atoms with Crippen molar-refractivity contribution in [2.24, 2.45) is 0 Å². The number of ether oxygens (including phenoxy) is 1. The maximum absolute atomic E-state index is 13.1. The van der Waals surface area contributed by atoms with Crippen molar-refractivity contribution >= 4 is 21.6 Å². The molecule has 0 aromatic heterocycles. The summed E-state index contributed by atoms with van der Waals surface area (Å²) in [6.07, 6.45) is 0. The van der Waals surface area contributed by atoms with Crippen molar-refractivity contribution < 1.29 is 17.5 Å². The molecule has 0 radical (unpaired) electrons. The molecule has 120 valence electrons. The summed E-state index contributed by atoms with van der Waals surface area (Å²) in [5, 5.41) is -0.256. The fourth-order valence-electron chi connectivity index (χ4n) is 1.75. The molecular weight excluding hydrogens is 341 g/mol. The lowest BCUT2D eigenvalue weighted by Crippen LogP contribution is -2.24. The van der Waals surface area contributed by atoms with Crippen LogP contribution in [0.4, 0.5) is 4.39 Å². The van der Waals surface area contributed by atoms with E-state index in [-0.39, 0.29) is 16.5 Å². The highest BCUT2D eigenvalue weighted by Crippen LogP contribution is 2.19. The Bertz CT molecular complexity index is 872. The van der Waals surface area contributed by atoms with Crippen LogP contribution >= 0.6 is 11.6 Å². The molecular formula is C16H13ClFNO3S. The maximum atomic E-state index is 13.1. The number of sulfonamides is 1. The first kappa shape index (κ1) is 17.3. The molecule has 2 rings (SSSR count). The normalized spacial score (nSPS) is 10.7. The van der Waals surface area contributed by atoms with Crippen LogP contribution in [0.3, 0.4) is 0 Å². The molecule has 0 fully saturated rings. The Morgan fingerprint density at radius 2 is 2.00 bits per heavy atom. The number of hydrogen-bond acceptors (Lipinski definition) is 3. The average molecular weight is 354 g/mol. The fraction of sp³-hybridized carbons (Fsp3) is 0.125. The van der Waals surface area contributed by atoms with E-state index >= 15 is 0 Å². The maximum Gasteiger partial charge on any atom is 0.241 e. The van der Waals surface area contributed by atoms with Gasteiger partial charge in [-0.1, -0.05) is 35.6 Å². The molecule has 0 aliphatic carbocycles. The van der Waals surface area contributed by atoms with E-state index in [0.717, 1.165) is 18.2 Å². The molecule has 2 aromatic rings. The molecule has 0 bridgehead atoms. The van der Waals surface area contributed by atoms with E-state index in [4.69, 9.17) is 16.3 Å². The summed E-state index contributed by atoms with van der Waals surface area (Å²) >= 11 is 5.59. The zero-order chi connectivity index (χ0) is 16.9. The van der Waals surface area contributed by atoms with Crippen molar-refractivity contribution in [1.29, 1.82) is 0 Å². The van der Waals surface area contributed by atoms with Crippen LogP contribution in [0, 0.1) is 17.7 Å². The van der Waals surface area contributed by atoms with Gasteiger partial charge in [-0.2, -0.15) is 4.72 Å². The second kappa shape index (κ2) is 7.47. The van der Waals surface area contributed by atoms with Gasteiger partial charge in [0.2, 0.25) is 10.0 Å². The minimum Gasteiger partial charge on any atom is -0.495 e. The van der Waals surface area contributed by atoms with Crippen LogP contribution in [0.5, 0.6) is 5.75 Å². The van der Waals surface area contributed by atoms with Gasteiger partial charge in [-0.3, -0.25) is 0 Å². The quantitative estimate of drug-likeness (QED) is 0.860. The van der Waals surface area contributed by atoms with E-state index in [1.165, 1.54) is 7.11 Å². The molecule has 7 heteroatoms. The first-order valence-electron chi connectivity index (χ1n) is 6.50. The number of para-hydroxylation sites is 1. The number of hydrogen-bond donors (Lipinski definition) is 1. The molecule has 0 aliphatic rings. The van der Waals surface area contributed by atoms with Gasteiger partial charge in [-0.15, -0.1) is 0 Å². The van der Waals surface area contributed by atoms with Gasteiger partial charge in [0.15, 0.2) is 0 Å². The number of benzene rings is 2. The van der Waals surface area contributed by atoms with Crippen LogP contribution < -0.4 is 9.46 Å². The van der Waals surface area contributed by atoms with Crippen molar-refractivity contribution in [3.63, 3.8) is 0 Å². The van der Waals surface area contributed by atoms with E-state index in [1.807, 2.05) is 6.07 Å². The van der Waals surface area contributed by atoms with Gasteiger partial charge in [0, 0.05) is 0 Å². The van der Waals surface area contributed by atoms with Crippen LogP contribution in [0.25, 0.3) is 0 Å². The molecule has 0 atom stereocenters. The van der Waals surface area contributed by atoms with Gasteiger partial charge in [-0.05, 0) is 30.3 Å². The zero-order valence-electron chi connectivity index (χ0n) is 12.1. The van der Waals surface area contributed by atoms with Gasteiger partial charge in [0.1, 0.15) is 11.6 Å². The lowest BCUT2D eigenvalue weighted by Gasteiger charge is -2.04. The Morgan fingerprint density at radius 3 is 2.70 bits per heavy atom. The molecule has 0 saturated carbocycles. The third-order valence-corrected chi connectivity index (χ3v) is 4.57. The first-order valence-corrected chi connectivity index (χ1v) is 8.37. The topological polar surface area (TPSA) is 55.4 Å². The Labute approximate surface area is 139 Å².